The van der Waals surface area contributed by atoms with Gasteiger partial charge < -0.3 is 15.8 Å². The number of anilines is 1. The Morgan fingerprint density at radius 1 is 1.24 bits per heavy atom. The molecular formula is C16H20ClN7O. The molecule has 0 bridgehead atoms. The van der Waals surface area contributed by atoms with Crippen molar-refractivity contribution in [2.24, 2.45) is 5.73 Å². The number of ether oxygens (including phenoxy) is 1. The van der Waals surface area contributed by atoms with Gasteiger partial charge >= 0.3 is 0 Å². The van der Waals surface area contributed by atoms with Crippen LogP contribution in [0.4, 0.5) is 5.95 Å². The SMILES string of the molecule is COc1ccc(-n2nnc3cnc(N[C@H]4CC[C@H](N)C4)nc32)cc1.Cl. The van der Waals surface area contributed by atoms with Gasteiger partial charge in [-0.1, -0.05) is 5.21 Å². The number of nitrogens with two attached hydrogens (primary N) is 1. The highest BCUT2D eigenvalue weighted by molar-refractivity contribution is 5.85. The molecule has 0 unspecified atom stereocenters. The van der Waals surface area contributed by atoms with Crippen LogP contribution in [0.25, 0.3) is 16.9 Å². The van der Waals surface area contributed by atoms with Crippen molar-refractivity contribution in [3.63, 3.8) is 0 Å². The van der Waals surface area contributed by atoms with Gasteiger partial charge in [0.15, 0.2) is 11.2 Å². The molecule has 9 heteroatoms. The van der Waals surface area contributed by atoms with E-state index in [1.807, 2.05) is 24.3 Å². The zero-order valence-corrected chi connectivity index (χ0v) is 14.6. The van der Waals surface area contributed by atoms with Crippen molar-refractivity contribution in [3.05, 3.63) is 30.5 Å². The largest absolute Gasteiger partial charge is 0.497 e. The first-order valence-electron chi connectivity index (χ1n) is 7.98. The summed E-state index contributed by atoms with van der Waals surface area (Å²) in [7, 11) is 1.64. The molecule has 2 aromatic heterocycles. The van der Waals surface area contributed by atoms with Crippen LogP contribution in [0.3, 0.4) is 0 Å². The Morgan fingerprint density at radius 2 is 2.04 bits per heavy atom. The van der Waals surface area contributed by atoms with Crippen LogP contribution in [-0.4, -0.2) is 44.2 Å². The van der Waals surface area contributed by atoms with E-state index in [0.29, 0.717) is 23.2 Å². The van der Waals surface area contributed by atoms with Crippen molar-refractivity contribution < 1.29 is 4.74 Å². The second-order valence-corrected chi connectivity index (χ2v) is 6.02. The number of halogens is 1. The van der Waals surface area contributed by atoms with Crippen molar-refractivity contribution >= 4 is 29.5 Å². The zero-order valence-electron chi connectivity index (χ0n) is 13.8. The summed E-state index contributed by atoms with van der Waals surface area (Å²) in [5.74, 6) is 1.37. The van der Waals surface area contributed by atoms with E-state index >= 15 is 0 Å². The number of rotatable bonds is 4. The van der Waals surface area contributed by atoms with Gasteiger partial charge in [-0.05, 0) is 43.5 Å². The maximum atomic E-state index is 5.96. The van der Waals surface area contributed by atoms with Gasteiger partial charge in [0.1, 0.15) is 5.75 Å². The van der Waals surface area contributed by atoms with Crippen molar-refractivity contribution in [1.29, 1.82) is 0 Å². The molecule has 1 aliphatic carbocycles. The summed E-state index contributed by atoms with van der Waals surface area (Å²) in [4.78, 5) is 8.92. The normalized spacial score (nSPS) is 19.6. The third kappa shape index (κ3) is 3.49. The van der Waals surface area contributed by atoms with E-state index in [1.165, 1.54) is 0 Å². The number of nitrogens with one attached hydrogen (secondary N) is 1. The Balaban J connectivity index is 0.00000182. The summed E-state index contributed by atoms with van der Waals surface area (Å²) in [6.07, 6.45) is 4.70. The van der Waals surface area contributed by atoms with Gasteiger partial charge in [0.2, 0.25) is 5.95 Å². The van der Waals surface area contributed by atoms with Crippen LogP contribution >= 0.6 is 12.4 Å². The van der Waals surface area contributed by atoms with Crippen molar-refractivity contribution in [2.45, 2.75) is 31.3 Å². The van der Waals surface area contributed by atoms with Gasteiger partial charge in [-0.25, -0.2) is 4.98 Å². The zero-order chi connectivity index (χ0) is 16.5. The lowest BCUT2D eigenvalue weighted by Gasteiger charge is -2.12. The molecule has 1 saturated carbocycles. The summed E-state index contributed by atoms with van der Waals surface area (Å²) in [5.41, 5.74) is 8.15. The minimum Gasteiger partial charge on any atom is -0.497 e. The molecule has 132 valence electrons. The summed E-state index contributed by atoms with van der Waals surface area (Å²) >= 11 is 0. The number of nitrogens with zero attached hydrogens (tertiary/aromatic N) is 5. The predicted molar refractivity (Wildman–Crippen MR) is 97.5 cm³/mol. The predicted octanol–water partition coefficient (Wildman–Crippen LogP) is 1.93. The summed E-state index contributed by atoms with van der Waals surface area (Å²) < 4.78 is 6.88. The molecule has 4 rings (SSSR count). The minimum atomic E-state index is 0. The molecule has 0 amide bonds. The summed E-state index contributed by atoms with van der Waals surface area (Å²) in [6, 6.07) is 8.17. The second kappa shape index (κ2) is 7.20. The van der Waals surface area contributed by atoms with E-state index in [-0.39, 0.29) is 18.4 Å². The van der Waals surface area contributed by atoms with Crippen LogP contribution in [0, 0.1) is 0 Å². The van der Waals surface area contributed by atoms with Crippen molar-refractivity contribution in [2.75, 3.05) is 12.4 Å². The Kier molecular flexibility index (Phi) is 5.00. The molecule has 0 spiro atoms. The Labute approximate surface area is 151 Å². The maximum absolute atomic E-state index is 5.96. The first kappa shape index (κ1) is 17.4. The monoisotopic (exact) mass is 361 g/mol. The van der Waals surface area contributed by atoms with E-state index in [2.05, 4.69) is 25.6 Å². The molecule has 0 saturated heterocycles. The molecule has 1 aliphatic rings. The minimum absolute atomic E-state index is 0. The van der Waals surface area contributed by atoms with Gasteiger partial charge in [-0.3, -0.25) is 0 Å². The highest BCUT2D eigenvalue weighted by Crippen LogP contribution is 2.22. The maximum Gasteiger partial charge on any atom is 0.225 e. The smallest absolute Gasteiger partial charge is 0.225 e. The molecule has 2 atom stereocenters. The molecule has 25 heavy (non-hydrogen) atoms. The molecule has 1 fully saturated rings. The van der Waals surface area contributed by atoms with Crippen molar-refractivity contribution in [3.8, 4) is 11.4 Å². The Hall–Kier alpha value is -2.45. The number of benzene rings is 1. The van der Waals surface area contributed by atoms with Gasteiger partial charge in [0.05, 0.1) is 19.0 Å². The third-order valence-corrected chi connectivity index (χ3v) is 4.32. The topological polar surface area (TPSA) is 104 Å². The van der Waals surface area contributed by atoms with Crippen LogP contribution in [0.5, 0.6) is 5.75 Å². The number of aromatic nitrogens is 5. The molecule has 0 aliphatic heterocycles. The second-order valence-electron chi connectivity index (χ2n) is 6.02. The van der Waals surface area contributed by atoms with E-state index in [9.17, 15) is 0 Å². The average molecular weight is 362 g/mol. The van der Waals surface area contributed by atoms with Crippen LogP contribution in [0.2, 0.25) is 0 Å². The lowest BCUT2D eigenvalue weighted by molar-refractivity contribution is 0.414. The quantitative estimate of drug-likeness (QED) is 0.731. The number of fused-ring (bicyclic) bond motifs is 1. The molecule has 3 aromatic rings. The average Bonchev–Trinajstić information content (AvgIpc) is 3.21. The van der Waals surface area contributed by atoms with Crippen LogP contribution in [-0.2, 0) is 0 Å². The molecule has 1 aromatic carbocycles. The van der Waals surface area contributed by atoms with Gasteiger partial charge in [-0.15, -0.1) is 17.5 Å². The third-order valence-electron chi connectivity index (χ3n) is 4.32. The summed E-state index contributed by atoms with van der Waals surface area (Å²) in [5, 5.41) is 11.7. The fourth-order valence-corrected chi connectivity index (χ4v) is 3.03. The first-order valence-corrected chi connectivity index (χ1v) is 7.98. The lowest BCUT2D eigenvalue weighted by atomic mass is 10.2. The van der Waals surface area contributed by atoms with E-state index in [0.717, 1.165) is 30.7 Å². The standard InChI is InChI=1S/C16H19N7O.ClH/c1-24-13-6-4-12(5-7-13)23-15-14(21-22-23)9-18-16(20-15)19-11-3-2-10(17)8-11;/h4-7,9-11H,2-3,8,17H2,1H3,(H,18,19,20);1H/t10-,11-;/m0./s1. The van der Waals surface area contributed by atoms with E-state index in [4.69, 9.17) is 10.5 Å². The molecule has 3 N–H and O–H groups in total. The number of hydrogen-bond donors (Lipinski definition) is 2. The Morgan fingerprint density at radius 3 is 2.72 bits per heavy atom. The molecular weight excluding hydrogens is 342 g/mol. The highest BCUT2D eigenvalue weighted by Gasteiger charge is 2.22. The fourth-order valence-electron chi connectivity index (χ4n) is 3.03. The number of methoxy groups -OCH3 is 1. The van der Waals surface area contributed by atoms with Crippen LogP contribution in [0.1, 0.15) is 19.3 Å². The van der Waals surface area contributed by atoms with E-state index < -0.39 is 0 Å². The fraction of sp³-hybridized carbons (Fsp3) is 0.375. The molecule has 2 heterocycles. The lowest BCUT2D eigenvalue weighted by Crippen LogP contribution is -2.21. The van der Waals surface area contributed by atoms with Crippen LogP contribution < -0.4 is 15.8 Å². The first-order chi connectivity index (χ1) is 11.7. The van der Waals surface area contributed by atoms with Crippen LogP contribution in [0.15, 0.2) is 30.5 Å². The molecule has 8 nitrogen and oxygen atoms in total. The number of hydrogen-bond acceptors (Lipinski definition) is 7. The van der Waals surface area contributed by atoms with Gasteiger partial charge in [0, 0.05) is 12.1 Å². The van der Waals surface area contributed by atoms with Gasteiger partial charge in [-0.2, -0.15) is 9.67 Å². The Bertz CT molecular complexity index is 851. The highest BCUT2D eigenvalue weighted by atomic mass is 35.5. The molecule has 0 radical (unpaired) electrons. The van der Waals surface area contributed by atoms with Crippen molar-refractivity contribution in [1.82, 2.24) is 25.0 Å². The summed E-state index contributed by atoms with van der Waals surface area (Å²) in [6.45, 7) is 0. The van der Waals surface area contributed by atoms with E-state index in [1.54, 1.807) is 18.0 Å². The van der Waals surface area contributed by atoms with Gasteiger partial charge in [0.25, 0.3) is 0 Å².